The monoisotopic (exact) mass is 541 g/mol. The smallest absolute Gasteiger partial charge is 0.407 e. The number of piperidine rings is 1. The molecule has 2 aromatic carbocycles. The zero-order valence-electron chi connectivity index (χ0n) is 24.5. The van der Waals surface area contributed by atoms with E-state index in [1.807, 2.05) is 40.1 Å². The van der Waals surface area contributed by atoms with Gasteiger partial charge in [0, 0.05) is 31.0 Å². The van der Waals surface area contributed by atoms with Crippen molar-refractivity contribution in [3.8, 4) is 5.69 Å². The number of hydrogen-bond acceptors (Lipinski definition) is 5. The molecule has 2 heterocycles. The highest BCUT2D eigenvalue weighted by molar-refractivity contribution is 5.74. The number of rotatable bonds is 8. The summed E-state index contributed by atoms with van der Waals surface area (Å²) in [4.78, 5) is 19.2. The number of benzene rings is 2. The summed E-state index contributed by atoms with van der Waals surface area (Å²) in [5.74, 6) is 0. The van der Waals surface area contributed by atoms with Crippen LogP contribution in [0.1, 0.15) is 61.6 Å². The third kappa shape index (κ3) is 8.58. The van der Waals surface area contributed by atoms with Crippen LogP contribution in [0.5, 0.6) is 0 Å². The first kappa shape index (κ1) is 29.2. The third-order valence-corrected chi connectivity index (χ3v) is 6.90. The van der Waals surface area contributed by atoms with Crippen LogP contribution in [0.15, 0.2) is 73.3 Å². The Labute approximate surface area is 238 Å². The van der Waals surface area contributed by atoms with Crippen LogP contribution in [0.3, 0.4) is 0 Å². The molecular weight excluding hydrogens is 498 g/mol. The Kier molecular flexibility index (Phi) is 9.48. The molecule has 212 valence electrons. The van der Waals surface area contributed by atoms with E-state index in [1.165, 1.54) is 16.7 Å². The van der Waals surface area contributed by atoms with Gasteiger partial charge in [0.15, 0.2) is 0 Å². The lowest BCUT2D eigenvalue weighted by molar-refractivity contribution is 0.0470. The molecule has 0 bridgehead atoms. The van der Waals surface area contributed by atoms with Crippen LogP contribution in [-0.2, 0) is 17.7 Å². The first-order chi connectivity index (χ1) is 19.1. The average Bonchev–Trinajstić information content (AvgIpc) is 3.32. The molecule has 0 radical (unpaired) electrons. The number of allylic oxidation sites excluding steroid dienone is 3. The third-order valence-electron chi connectivity index (χ3n) is 6.90. The number of nitrogens with zero attached hydrogens (tertiary/aromatic N) is 3. The van der Waals surface area contributed by atoms with E-state index in [1.54, 1.807) is 6.20 Å². The number of aryl methyl sites for hydroxylation is 2. The van der Waals surface area contributed by atoms with Gasteiger partial charge in [-0.3, -0.25) is 4.90 Å². The van der Waals surface area contributed by atoms with E-state index >= 15 is 0 Å². The molecule has 1 atom stereocenters. The molecule has 1 aliphatic heterocycles. The van der Waals surface area contributed by atoms with Gasteiger partial charge in [-0.25, -0.2) is 9.78 Å². The van der Waals surface area contributed by atoms with Crippen molar-refractivity contribution in [3.63, 3.8) is 0 Å². The van der Waals surface area contributed by atoms with E-state index in [0.717, 1.165) is 61.4 Å². The molecule has 1 aromatic heterocycles. The quantitative estimate of drug-likeness (QED) is 0.338. The molecule has 1 unspecified atom stereocenters. The van der Waals surface area contributed by atoms with Crippen LogP contribution < -0.4 is 11.1 Å². The number of amides is 1. The minimum Gasteiger partial charge on any atom is -0.444 e. The highest BCUT2D eigenvalue weighted by Crippen LogP contribution is 2.22. The summed E-state index contributed by atoms with van der Waals surface area (Å²) >= 11 is 0. The van der Waals surface area contributed by atoms with Crippen molar-refractivity contribution in [3.05, 3.63) is 101 Å². The molecule has 40 heavy (non-hydrogen) atoms. The first-order valence-electron chi connectivity index (χ1n) is 14.1. The van der Waals surface area contributed by atoms with E-state index < -0.39 is 5.60 Å². The topological polar surface area (TPSA) is 85.4 Å². The van der Waals surface area contributed by atoms with Crippen LogP contribution in [0.25, 0.3) is 11.3 Å². The van der Waals surface area contributed by atoms with Crippen LogP contribution in [0.4, 0.5) is 4.79 Å². The molecule has 3 N–H and O–H groups in total. The minimum atomic E-state index is -0.505. The number of carbonyl (C=O) groups is 1. The summed E-state index contributed by atoms with van der Waals surface area (Å²) in [6.07, 6.45) is 12.1. The van der Waals surface area contributed by atoms with Gasteiger partial charge in [0.25, 0.3) is 0 Å². The number of nitrogens with two attached hydrogens (primary N) is 1. The lowest BCUT2D eigenvalue weighted by Crippen LogP contribution is -2.48. The summed E-state index contributed by atoms with van der Waals surface area (Å²) in [6, 6.07) is 15.3. The summed E-state index contributed by atoms with van der Waals surface area (Å²) in [6.45, 7) is 12.3. The van der Waals surface area contributed by atoms with Gasteiger partial charge in [-0.1, -0.05) is 42.0 Å². The number of alkyl carbamates (subject to hydrolysis) is 1. The minimum absolute atomic E-state index is 0.0746. The Morgan fingerprint density at radius 3 is 2.58 bits per heavy atom. The van der Waals surface area contributed by atoms with Crippen molar-refractivity contribution in [2.75, 3.05) is 13.1 Å². The summed E-state index contributed by atoms with van der Waals surface area (Å²) in [7, 11) is 0. The van der Waals surface area contributed by atoms with Crippen LogP contribution in [0, 0.1) is 13.8 Å². The molecule has 4 rings (SSSR count). The molecule has 7 nitrogen and oxygen atoms in total. The number of likely N-dealkylation sites (tertiary alicyclic amines) is 1. The van der Waals surface area contributed by atoms with Gasteiger partial charge in [-0.05, 0) is 107 Å². The highest BCUT2D eigenvalue weighted by Gasteiger charge is 2.24. The molecule has 0 saturated carbocycles. The van der Waals surface area contributed by atoms with Gasteiger partial charge in [0.05, 0.1) is 12.0 Å². The largest absolute Gasteiger partial charge is 0.444 e. The van der Waals surface area contributed by atoms with Crippen molar-refractivity contribution in [2.45, 2.75) is 72.1 Å². The van der Waals surface area contributed by atoms with Crippen molar-refractivity contribution in [1.29, 1.82) is 0 Å². The Morgan fingerprint density at radius 1 is 1.15 bits per heavy atom. The number of imidazole rings is 1. The normalized spacial score (nSPS) is 16.8. The fraction of sp³-hybridized carbons (Fsp3) is 0.394. The Morgan fingerprint density at radius 2 is 1.90 bits per heavy atom. The number of nitrogens with one attached hydrogen (secondary N) is 1. The number of ether oxygens (including phenoxy) is 1. The first-order valence-corrected chi connectivity index (χ1v) is 14.1. The maximum absolute atomic E-state index is 12.4. The Hall–Kier alpha value is -3.84. The van der Waals surface area contributed by atoms with E-state index in [9.17, 15) is 4.79 Å². The van der Waals surface area contributed by atoms with Gasteiger partial charge in [-0.2, -0.15) is 0 Å². The number of aromatic nitrogens is 2. The van der Waals surface area contributed by atoms with Crippen LogP contribution >= 0.6 is 0 Å². The molecule has 1 fully saturated rings. The van der Waals surface area contributed by atoms with E-state index in [0.29, 0.717) is 0 Å². The maximum atomic E-state index is 12.4. The zero-order valence-corrected chi connectivity index (χ0v) is 24.5. The maximum Gasteiger partial charge on any atom is 0.407 e. The fourth-order valence-electron chi connectivity index (χ4n) is 5.07. The Bertz CT molecular complexity index is 1350. The van der Waals surface area contributed by atoms with Crippen molar-refractivity contribution in [1.82, 2.24) is 19.8 Å². The molecule has 0 aliphatic carbocycles. The molecule has 1 saturated heterocycles. The van der Waals surface area contributed by atoms with E-state index in [2.05, 4.69) is 81.4 Å². The number of carbonyl (C=O) groups excluding carboxylic acids is 1. The molecule has 0 spiro atoms. The van der Waals surface area contributed by atoms with Gasteiger partial charge < -0.3 is 20.4 Å². The van der Waals surface area contributed by atoms with Crippen LogP contribution in [-0.4, -0.2) is 45.3 Å². The van der Waals surface area contributed by atoms with Crippen LogP contribution in [0.2, 0.25) is 0 Å². The fourth-order valence-corrected chi connectivity index (χ4v) is 5.07. The van der Waals surface area contributed by atoms with Crippen molar-refractivity contribution < 1.29 is 9.53 Å². The second-order valence-corrected chi connectivity index (χ2v) is 11.7. The molecule has 1 aliphatic rings. The highest BCUT2D eigenvalue weighted by atomic mass is 16.6. The predicted molar refractivity (Wildman–Crippen MR) is 162 cm³/mol. The second-order valence-electron chi connectivity index (χ2n) is 11.7. The molecule has 1 amide bonds. The molecular formula is C33H43N5O2. The lowest BCUT2D eigenvalue weighted by Gasteiger charge is -2.33. The van der Waals surface area contributed by atoms with Crippen molar-refractivity contribution >= 4 is 11.7 Å². The van der Waals surface area contributed by atoms with E-state index in [4.69, 9.17) is 10.5 Å². The second kappa shape index (κ2) is 13.0. The standard InChI is InChI=1S/C33H43N5O2/c1-24-8-11-28(12-9-24)29(14-15-34)13-10-26-17-27(19-31(18-26)38-20-25(2)35-23-38)21-37-16-6-7-30(22-37)36-32(39)40-33(3,4)5/h8-9,11-15,17-20,23,30H,6-7,10,16,21-22,34H2,1-5H3,(H,36,39)/b15-14-,29-13+. The van der Waals surface area contributed by atoms with Crippen molar-refractivity contribution in [2.24, 2.45) is 5.73 Å². The molecule has 3 aromatic rings. The Balaban J connectivity index is 1.54. The van der Waals surface area contributed by atoms with E-state index in [-0.39, 0.29) is 12.1 Å². The lowest BCUT2D eigenvalue weighted by atomic mass is 9.99. The SMILES string of the molecule is Cc1ccc(C(/C=C\N)=C/Cc2cc(CN3CCCC(NC(=O)OC(C)(C)C)C3)cc(-n3cnc(C)c3)c2)cc1. The average molecular weight is 542 g/mol. The van der Waals surface area contributed by atoms with Gasteiger partial charge in [0.1, 0.15) is 5.60 Å². The molecule has 7 heteroatoms. The van der Waals surface area contributed by atoms with Gasteiger partial charge in [-0.15, -0.1) is 0 Å². The zero-order chi connectivity index (χ0) is 28.7. The summed E-state index contributed by atoms with van der Waals surface area (Å²) in [5.41, 5.74) is 13.3. The van der Waals surface area contributed by atoms with Gasteiger partial charge in [0.2, 0.25) is 0 Å². The summed E-state index contributed by atoms with van der Waals surface area (Å²) in [5, 5.41) is 3.07. The van der Waals surface area contributed by atoms with Gasteiger partial charge >= 0.3 is 6.09 Å². The summed E-state index contributed by atoms with van der Waals surface area (Å²) < 4.78 is 7.56. The number of hydrogen-bond donors (Lipinski definition) is 2. The predicted octanol–water partition coefficient (Wildman–Crippen LogP) is 6.08.